The molecular formula is C18H25F3N2O6S2. The molecular weight excluding hydrogens is 461 g/mol. The Labute approximate surface area is 183 Å². The SMILES string of the molecule is CCOC(=O)C(NS(=O)(=O)c1ccccc1)SC1CC[NH+](C)CC1.O=C([O-])C(F)(F)F. The number of rotatable bonds is 7. The molecule has 0 saturated carbocycles. The van der Waals surface area contributed by atoms with Gasteiger partial charge >= 0.3 is 12.1 Å². The molecule has 176 valence electrons. The van der Waals surface area contributed by atoms with E-state index in [-0.39, 0.29) is 16.8 Å². The van der Waals surface area contributed by atoms with Gasteiger partial charge in [0.25, 0.3) is 0 Å². The normalized spacial score (nSPS) is 20.2. The predicted octanol–water partition coefficient (Wildman–Crippen LogP) is -0.437. The van der Waals surface area contributed by atoms with Crippen molar-refractivity contribution in [3.05, 3.63) is 30.3 Å². The van der Waals surface area contributed by atoms with E-state index in [2.05, 4.69) is 11.8 Å². The number of hydrogen-bond acceptors (Lipinski definition) is 7. The van der Waals surface area contributed by atoms with E-state index in [9.17, 15) is 26.4 Å². The second kappa shape index (κ2) is 12.3. The number of alkyl halides is 3. The molecule has 1 aromatic carbocycles. The molecule has 1 fully saturated rings. The molecule has 0 aliphatic carbocycles. The third-order valence-electron chi connectivity index (χ3n) is 4.16. The van der Waals surface area contributed by atoms with E-state index in [0.717, 1.165) is 25.9 Å². The number of esters is 1. The summed E-state index contributed by atoms with van der Waals surface area (Å²) >= 11 is 1.36. The highest BCUT2D eigenvalue weighted by atomic mass is 32.2. The fraction of sp³-hybridized carbons (Fsp3) is 0.556. The monoisotopic (exact) mass is 486 g/mol. The third kappa shape index (κ3) is 9.89. The van der Waals surface area contributed by atoms with Crippen LogP contribution in [0.4, 0.5) is 13.2 Å². The molecule has 2 N–H and O–H groups in total. The van der Waals surface area contributed by atoms with E-state index in [1.54, 1.807) is 25.1 Å². The van der Waals surface area contributed by atoms with Crippen molar-refractivity contribution in [1.29, 1.82) is 0 Å². The van der Waals surface area contributed by atoms with Crippen LogP contribution in [0, 0.1) is 0 Å². The van der Waals surface area contributed by atoms with Crippen molar-refractivity contribution in [2.24, 2.45) is 0 Å². The van der Waals surface area contributed by atoms with Crippen LogP contribution in [0.25, 0.3) is 0 Å². The lowest BCUT2D eigenvalue weighted by Gasteiger charge is -2.28. The van der Waals surface area contributed by atoms with E-state index in [0.29, 0.717) is 0 Å². The lowest BCUT2D eigenvalue weighted by atomic mass is 10.1. The van der Waals surface area contributed by atoms with E-state index < -0.39 is 33.5 Å². The topological polar surface area (TPSA) is 117 Å². The minimum Gasteiger partial charge on any atom is -0.542 e. The molecule has 1 atom stereocenters. The summed E-state index contributed by atoms with van der Waals surface area (Å²) in [6, 6.07) is 8.07. The maximum Gasteiger partial charge on any atom is 0.430 e. The van der Waals surface area contributed by atoms with Gasteiger partial charge in [0.15, 0.2) is 5.37 Å². The fourth-order valence-corrected chi connectivity index (χ4v) is 5.27. The zero-order chi connectivity index (χ0) is 23.7. The van der Waals surface area contributed by atoms with Crippen LogP contribution in [0.5, 0.6) is 0 Å². The molecule has 1 aliphatic heterocycles. The van der Waals surface area contributed by atoms with Gasteiger partial charge in [-0.3, -0.25) is 0 Å². The van der Waals surface area contributed by atoms with Crippen molar-refractivity contribution in [3.8, 4) is 0 Å². The van der Waals surface area contributed by atoms with Gasteiger partial charge in [-0.05, 0) is 19.1 Å². The Balaban J connectivity index is 0.000000592. The number of likely N-dealkylation sites (tertiary alicyclic amines) is 1. The van der Waals surface area contributed by atoms with Crippen molar-refractivity contribution in [1.82, 2.24) is 4.72 Å². The highest BCUT2D eigenvalue weighted by molar-refractivity contribution is 8.02. The Hall–Kier alpha value is -1.83. The third-order valence-corrected chi connectivity index (χ3v) is 7.19. The minimum absolute atomic E-state index is 0.146. The Morgan fingerprint density at radius 2 is 1.77 bits per heavy atom. The molecule has 0 spiro atoms. The zero-order valence-electron chi connectivity index (χ0n) is 17.0. The van der Waals surface area contributed by atoms with E-state index in [1.165, 1.54) is 28.8 Å². The molecule has 0 aromatic heterocycles. The van der Waals surface area contributed by atoms with Gasteiger partial charge in [0, 0.05) is 18.1 Å². The molecule has 31 heavy (non-hydrogen) atoms. The second-order valence-electron chi connectivity index (χ2n) is 6.64. The van der Waals surface area contributed by atoms with Gasteiger partial charge in [0.2, 0.25) is 10.0 Å². The number of nitrogens with one attached hydrogen (secondary N) is 2. The number of ether oxygens (including phenoxy) is 1. The average molecular weight is 487 g/mol. The van der Waals surface area contributed by atoms with E-state index in [1.807, 2.05) is 0 Å². The smallest absolute Gasteiger partial charge is 0.430 e. The molecule has 1 unspecified atom stereocenters. The summed E-state index contributed by atoms with van der Waals surface area (Å²) in [5.41, 5.74) is 0. The van der Waals surface area contributed by atoms with Crippen LogP contribution in [0.2, 0.25) is 0 Å². The first-order valence-corrected chi connectivity index (χ1v) is 11.8. The predicted molar refractivity (Wildman–Crippen MR) is 105 cm³/mol. The van der Waals surface area contributed by atoms with Crippen molar-refractivity contribution in [2.75, 3.05) is 26.7 Å². The first kappa shape index (κ1) is 27.2. The van der Waals surface area contributed by atoms with Crippen LogP contribution in [-0.4, -0.2) is 63.9 Å². The van der Waals surface area contributed by atoms with Crippen molar-refractivity contribution in [2.45, 2.75) is 41.5 Å². The van der Waals surface area contributed by atoms with Gasteiger partial charge in [-0.2, -0.15) is 17.9 Å². The van der Waals surface area contributed by atoms with Crippen molar-refractivity contribution < 1.29 is 45.9 Å². The number of hydrogen-bond donors (Lipinski definition) is 2. The lowest BCUT2D eigenvalue weighted by molar-refractivity contribution is -0.884. The van der Waals surface area contributed by atoms with Gasteiger partial charge < -0.3 is 19.5 Å². The van der Waals surface area contributed by atoms with Gasteiger partial charge in [0.1, 0.15) is 5.97 Å². The number of sulfonamides is 1. The average Bonchev–Trinajstić information content (AvgIpc) is 2.69. The second-order valence-corrected chi connectivity index (χ2v) is 9.77. The maximum atomic E-state index is 12.5. The number of halogens is 3. The maximum absolute atomic E-state index is 12.5. The molecule has 1 heterocycles. The van der Waals surface area contributed by atoms with Gasteiger partial charge in [-0.1, -0.05) is 18.2 Å². The van der Waals surface area contributed by atoms with E-state index >= 15 is 0 Å². The number of aliphatic carboxylic acids is 1. The molecule has 1 saturated heterocycles. The fourth-order valence-electron chi connectivity index (χ4n) is 2.57. The Morgan fingerprint density at radius 3 is 2.23 bits per heavy atom. The first-order valence-electron chi connectivity index (χ1n) is 9.35. The molecule has 2 rings (SSSR count). The summed E-state index contributed by atoms with van der Waals surface area (Å²) in [5.74, 6) is -3.54. The molecule has 1 aromatic rings. The number of quaternary nitrogens is 1. The summed E-state index contributed by atoms with van der Waals surface area (Å²) in [6.45, 7) is 3.99. The molecule has 0 amide bonds. The van der Waals surface area contributed by atoms with Crippen LogP contribution in [0.3, 0.4) is 0 Å². The summed E-state index contributed by atoms with van der Waals surface area (Å²) < 4.78 is 64.1. The van der Waals surface area contributed by atoms with Crippen LogP contribution >= 0.6 is 11.8 Å². The standard InChI is InChI=1S/C16H24N2O4S2.C2HF3O2/c1-3-22-16(19)15(23-13-9-11-18(2)12-10-13)17-24(20,21)14-7-5-4-6-8-14;3-2(4,5)1(6)7/h4-8,13,15,17H,3,9-12H2,1-2H3;(H,6,7). The largest absolute Gasteiger partial charge is 0.542 e. The van der Waals surface area contributed by atoms with Crippen LogP contribution in [0.1, 0.15) is 19.8 Å². The zero-order valence-corrected chi connectivity index (χ0v) is 18.6. The van der Waals surface area contributed by atoms with Gasteiger partial charge in [-0.15, -0.1) is 11.8 Å². The number of benzene rings is 1. The molecule has 0 bridgehead atoms. The quantitative estimate of drug-likeness (QED) is 0.397. The number of thioether (sulfide) groups is 1. The first-order chi connectivity index (χ1) is 14.4. The van der Waals surface area contributed by atoms with E-state index in [4.69, 9.17) is 14.6 Å². The van der Waals surface area contributed by atoms with Crippen LogP contribution < -0.4 is 14.7 Å². The lowest BCUT2D eigenvalue weighted by Crippen LogP contribution is -3.10. The minimum atomic E-state index is -5.19. The summed E-state index contributed by atoms with van der Waals surface area (Å²) in [7, 11) is -1.62. The number of carboxylic acids is 1. The Bertz CT molecular complexity index is 813. The van der Waals surface area contributed by atoms with Gasteiger partial charge in [-0.25, -0.2) is 13.2 Å². The van der Waals surface area contributed by atoms with Crippen molar-refractivity contribution >= 4 is 33.7 Å². The molecule has 1 aliphatic rings. The summed E-state index contributed by atoms with van der Waals surface area (Å²) in [6.07, 6.45) is -3.28. The van der Waals surface area contributed by atoms with Crippen LogP contribution in [0.15, 0.2) is 35.2 Å². The highest BCUT2D eigenvalue weighted by Gasteiger charge is 2.32. The Kier molecular flexibility index (Phi) is 10.8. The molecule has 13 heteroatoms. The number of carbonyl (C=O) groups excluding carboxylic acids is 2. The summed E-state index contributed by atoms with van der Waals surface area (Å²) in [4.78, 5) is 22.6. The number of carbonyl (C=O) groups is 2. The molecule has 0 radical (unpaired) electrons. The number of carboxylic acid groups (broad SMARTS) is 1. The summed E-state index contributed by atoms with van der Waals surface area (Å²) in [5, 5.41) is 8.12. The highest BCUT2D eigenvalue weighted by Crippen LogP contribution is 2.25. The Morgan fingerprint density at radius 1 is 1.26 bits per heavy atom. The van der Waals surface area contributed by atoms with Crippen LogP contribution in [-0.2, 0) is 24.3 Å². The van der Waals surface area contributed by atoms with Gasteiger partial charge in [0.05, 0.1) is 31.6 Å². The number of piperidine rings is 1. The molecule has 8 nitrogen and oxygen atoms in total. The van der Waals surface area contributed by atoms with Crippen molar-refractivity contribution in [3.63, 3.8) is 0 Å².